The molecule has 6 heteroatoms. The summed E-state index contributed by atoms with van der Waals surface area (Å²) in [4.78, 5) is 4.42. The predicted molar refractivity (Wildman–Crippen MR) is 150 cm³/mol. The highest BCUT2D eigenvalue weighted by atomic mass is 35.5. The Hall–Kier alpha value is -2.95. The molecule has 1 aromatic heterocycles. The van der Waals surface area contributed by atoms with Gasteiger partial charge in [-0.05, 0) is 82.9 Å². The molecule has 35 heavy (non-hydrogen) atoms. The molecular formula is C29H18Cl3N2S. The third-order valence-electron chi connectivity index (χ3n) is 5.47. The van der Waals surface area contributed by atoms with Crippen molar-refractivity contribution >= 4 is 52.4 Å². The predicted octanol–water partition coefficient (Wildman–Crippen LogP) is 9.99. The number of hydrogen-bond acceptors (Lipinski definition) is 2. The molecule has 0 atom stereocenters. The van der Waals surface area contributed by atoms with Gasteiger partial charge in [0, 0.05) is 44.3 Å². The lowest BCUT2D eigenvalue weighted by Gasteiger charge is -2.18. The van der Waals surface area contributed by atoms with Gasteiger partial charge < -0.3 is 0 Å². The van der Waals surface area contributed by atoms with E-state index in [9.17, 15) is 0 Å². The van der Waals surface area contributed by atoms with E-state index >= 15 is 0 Å². The van der Waals surface area contributed by atoms with E-state index in [1.54, 1.807) is 6.20 Å². The van der Waals surface area contributed by atoms with E-state index in [4.69, 9.17) is 39.5 Å². The van der Waals surface area contributed by atoms with Gasteiger partial charge in [-0.15, -0.1) is 0 Å². The van der Waals surface area contributed by atoms with Crippen LogP contribution in [0.5, 0.6) is 0 Å². The standard InChI is InChI=1S/C29H18Cl3N2S/c30-23-10-4-19(5-11-23)22-17-26(20-6-12-24(31)13-7-20)29(34-35-28-3-1-2-16-33-28)27(18-22)21-8-14-25(32)15-9-21/h1-18H. The van der Waals surface area contributed by atoms with Crippen LogP contribution in [0.15, 0.2) is 114 Å². The largest absolute Gasteiger partial charge is 0.248 e. The van der Waals surface area contributed by atoms with E-state index in [2.05, 4.69) is 17.1 Å². The normalized spacial score (nSPS) is 10.8. The summed E-state index contributed by atoms with van der Waals surface area (Å²) in [6.07, 6.45) is 1.77. The van der Waals surface area contributed by atoms with Crippen molar-refractivity contribution < 1.29 is 0 Å². The number of halogens is 3. The van der Waals surface area contributed by atoms with Crippen molar-refractivity contribution in [1.82, 2.24) is 9.71 Å². The Balaban J connectivity index is 1.72. The lowest BCUT2D eigenvalue weighted by Crippen LogP contribution is -1.96. The number of hydrogen-bond donors (Lipinski definition) is 0. The number of pyridine rings is 1. The lowest BCUT2D eigenvalue weighted by atomic mass is 9.91. The van der Waals surface area contributed by atoms with E-state index in [1.807, 2.05) is 91.0 Å². The Morgan fingerprint density at radius 2 is 1.03 bits per heavy atom. The van der Waals surface area contributed by atoms with Crippen molar-refractivity contribution in [2.24, 2.45) is 0 Å². The van der Waals surface area contributed by atoms with Crippen molar-refractivity contribution in [3.05, 3.63) is 124 Å². The molecule has 5 aromatic rings. The van der Waals surface area contributed by atoms with Crippen LogP contribution in [-0.2, 0) is 0 Å². The molecule has 0 bridgehead atoms. The Morgan fingerprint density at radius 1 is 0.543 bits per heavy atom. The zero-order valence-corrected chi connectivity index (χ0v) is 21.4. The summed E-state index contributed by atoms with van der Waals surface area (Å²) in [6.45, 7) is 0. The molecule has 0 N–H and O–H groups in total. The van der Waals surface area contributed by atoms with Gasteiger partial charge in [-0.2, -0.15) is 0 Å². The second-order valence-corrected chi connectivity index (χ2v) is 9.88. The van der Waals surface area contributed by atoms with Crippen molar-refractivity contribution in [3.8, 4) is 33.4 Å². The molecule has 0 aliphatic carbocycles. The van der Waals surface area contributed by atoms with Gasteiger partial charge >= 0.3 is 0 Å². The number of rotatable bonds is 6. The Kier molecular flexibility index (Phi) is 7.31. The first kappa shape index (κ1) is 23.8. The summed E-state index contributed by atoms with van der Waals surface area (Å²) in [5.74, 6) is 0. The number of nitrogens with zero attached hydrogens (tertiary/aromatic N) is 2. The van der Waals surface area contributed by atoms with Crippen LogP contribution in [0.2, 0.25) is 15.1 Å². The Bertz CT molecular complexity index is 1370. The quantitative estimate of drug-likeness (QED) is 0.203. The van der Waals surface area contributed by atoms with Crippen LogP contribution in [0.3, 0.4) is 0 Å². The molecule has 0 spiro atoms. The van der Waals surface area contributed by atoms with Gasteiger partial charge in [0.05, 0.1) is 5.69 Å². The number of benzene rings is 4. The van der Waals surface area contributed by atoms with Crippen molar-refractivity contribution in [1.29, 1.82) is 0 Å². The summed E-state index contributed by atoms with van der Waals surface area (Å²) < 4.78 is 4.99. The highest BCUT2D eigenvalue weighted by Gasteiger charge is 2.17. The number of aromatic nitrogens is 1. The summed E-state index contributed by atoms with van der Waals surface area (Å²) in [7, 11) is 0. The van der Waals surface area contributed by atoms with Gasteiger partial charge in [0.15, 0.2) is 0 Å². The average Bonchev–Trinajstić information content (AvgIpc) is 2.89. The zero-order valence-electron chi connectivity index (χ0n) is 18.3. The summed E-state index contributed by atoms with van der Waals surface area (Å²) in [5.41, 5.74) is 6.97. The molecule has 0 saturated heterocycles. The second-order valence-electron chi connectivity index (χ2n) is 7.79. The smallest absolute Gasteiger partial charge is 0.119 e. The average molecular weight is 533 g/mol. The maximum atomic E-state index is 6.20. The molecule has 5 rings (SSSR count). The van der Waals surface area contributed by atoms with Crippen LogP contribution < -0.4 is 4.72 Å². The molecule has 0 saturated carbocycles. The van der Waals surface area contributed by atoms with Crippen LogP contribution in [0, 0.1) is 0 Å². The van der Waals surface area contributed by atoms with Crippen molar-refractivity contribution in [3.63, 3.8) is 0 Å². The molecule has 0 unspecified atom stereocenters. The van der Waals surface area contributed by atoms with Crippen LogP contribution >= 0.6 is 46.8 Å². The Morgan fingerprint density at radius 3 is 1.49 bits per heavy atom. The fourth-order valence-corrected chi connectivity index (χ4v) is 4.74. The van der Waals surface area contributed by atoms with E-state index in [0.29, 0.717) is 15.1 Å². The van der Waals surface area contributed by atoms with Crippen LogP contribution in [0.1, 0.15) is 0 Å². The van der Waals surface area contributed by atoms with Crippen molar-refractivity contribution in [2.75, 3.05) is 0 Å². The molecular weight excluding hydrogens is 515 g/mol. The molecule has 2 nitrogen and oxygen atoms in total. The highest BCUT2D eigenvalue weighted by molar-refractivity contribution is 7.97. The summed E-state index contributed by atoms with van der Waals surface area (Å²) in [6, 6.07) is 33.6. The fourth-order valence-electron chi connectivity index (χ4n) is 3.73. The van der Waals surface area contributed by atoms with E-state index in [1.165, 1.54) is 11.9 Å². The third-order valence-corrected chi connectivity index (χ3v) is 6.92. The molecule has 1 radical (unpaired) electrons. The first-order valence-corrected chi connectivity index (χ1v) is 12.7. The highest BCUT2D eigenvalue weighted by Crippen LogP contribution is 2.43. The van der Waals surface area contributed by atoms with Gasteiger partial charge in [0.2, 0.25) is 0 Å². The minimum Gasteiger partial charge on any atom is -0.248 e. The summed E-state index contributed by atoms with van der Waals surface area (Å²) in [5, 5.41) is 2.88. The molecule has 171 valence electrons. The first-order valence-electron chi connectivity index (χ1n) is 10.8. The molecule has 1 heterocycles. The molecule has 0 aliphatic rings. The fraction of sp³-hybridized carbons (Fsp3) is 0. The third kappa shape index (κ3) is 5.66. The van der Waals surface area contributed by atoms with Gasteiger partial charge in [0.1, 0.15) is 5.03 Å². The molecule has 0 amide bonds. The monoisotopic (exact) mass is 531 g/mol. The Labute approximate surface area is 224 Å². The van der Waals surface area contributed by atoms with E-state index in [0.717, 1.165) is 44.1 Å². The SMILES string of the molecule is Clc1ccc(-c2cc(-c3ccc(Cl)cc3)c([N]Sc3ccccn3)c(-c3ccc(Cl)cc3)c2)cc1. The first-order chi connectivity index (χ1) is 17.1. The van der Waals surface area contributed by atoms with Crippen molar-refractivity contribution in [2.45, 2.75) is 5.03 Å². The van der Waals surface area contributed by atoms with Gasteiger partial charge in [-0.1, -0.05) is 77.3 Å². The zero-order chi connectivity index (χ0) is 24.2. The molecule has 4 aromatic carbocycles. The van der Waals surface area contributed by atoms with Gasteiger partial charge in [-0.3, -0.25) is 0 Å². The van der Waals surface area contributed by atoms with E-state index < -0.39 is 0 Å². The summed E-state index contributed by atoms with van der Waals surface area (Å²) >= 11 is 19.9. The lowest BCUT2D eigenvalue weighted by molar-refractivity contribution is 1.13. The van der Waals surface area contributed by atoms with Gasteiger partial charge in [-0.25, -0.2) is 9.71 Å². The van der Waals surface area contributed by atoms with Gasteiger partial charge in [0.25, 0.3) is 0 Å². The topological polar surface area (TPSA) is 27.0 Å². The maximum Gasteiger partial charge on any atom is 0.119 e. The minimum atomic E-state index is 0.682. The van der Waals surface area contributed by atoms with Crippen LogP contribution in [0.4, 0.5) is 5.69 Å². The second kappa shape index (κ2) is 10.8. The molecule has 0 fully saturated rings. The molecule has 0 aliphatic heterocycles. The minimum absolute atomic E-state index is 0.682. The van der Waals surface area contributed by atoms with Crippen LogP contribution in [0.25, 0.3) is 33.4 Å². The maximum absolute atomic E-state index is 6.20. The van der Waals surface area contributed by atoms with E-state index in [-0.39, 0.29) is 0 Å². The van der Waals surface area contributed by atoms with Crippen LogP contribution in [-0.4, -0.2) is 4.98 Å².